The Kier molecular flexibility index (Phi) is 5.28. The van der Waals surface area contributed by atoms with Crippen molar-refractivity contribution in [3.63, 3.8) is 0 Å². The molecule has 1 aliphatic heterocycles. The number of H-pyrrole nitrogens is 1. The first-order valence-electron chi connectivity index (χ1n) is 6.11. The highest BCUT2D eigenvalue weighted by molar-refractivity contribution is 8.54. The van der Waals surface area contributed by atoms with Gasteiger partial charge in [-0.05, 0) is 11.4 Å². The molecule has 1 aliphatic rings. The van der Waals surface area contributed by atoms with E-state index in [1.54, 1.807) is 0 Å². The van der Waals surface area contributed by atoms with Crippen molar-refractivity contribution in [3.8, 4) is 0 Å². The van der Waals surface area contributed by atoms with E-state index in [0.717, 1.165) is 10.6 Å². The molecule has 0 saturated carbocycles. The Hall–Kier alpha value is -0.940. The fraction of sp³-hybridized carbons (Fsp3) is 0.600. The number of hydrogen-bond donors (Lipinski definition) is 4. The van der Waals surface area contributed by atoms with E-state index in [2.05, 4.69) is 4.98 Å². The van der Waals surface area contributed by atoms with Gasteiger partial charge in [0.25, 0.3) is 5.56 Å². The second kappa shape index (κ2) is 6.67. The van der Waals surface area contributed by atoms with Gasteiger partial charge in [0, 0.05) is 25.1 Å². The van der Waals surface area contributed by atoms with Crippen LogP contribution in [0.5, 0.6) is 0 Å². The SMILES string of the molecule is COC1[C@@H](O)[C@@H](CSP(=O)(O)O)O[C@H]1n1ccc(=O)[nH]c1=O. The maximum atomic E-state index is 11.8. The topological polar surface area (TPSA) is 151 Å². The fourth-order valence-corrected chi connectivity index (χ4v) is 3.77. The summed E-state index contributed by atoms with van der Waals surface area (Å²) in [5.74, 6) is -0.181. The van der Waals surface area contributed by atoms with Gasteiger partial charge in [-0.15, -0.1) is 0 Å². The Balaban J connectivity index is 2.23. The number of aliphatic hydroxyl groups is 1. The van der Waals surface area contributed by atoms with Crippen LogP contribution in [0.1, 0.15) is 6.23 Å². The first-order chi connectivity index (χ1) is 10.2. The van der Waals surface area contributed by atoms with Crippen LogP contribution in [0.15, 0.2) is 21.9 Å². The van der Waals surface area contributed by atoms with Crippen molar-refractivity contribution in [2.75, 3.05) is 12.9 Å². The van der Waals surface area contributed by atoms with Crippen LogP contribution in [0, 0.1) is 0 Å². The lowest BCUT2D eigenvalue weighted by Crippen LogP contribution is -2.38. The van der Waals surface area contributed by atoms with E-state index >= 15 is 0 Å². The summed E-state index contributed by atoms with van der Waals surface area (Å²) in [6, 6.07) is 1.11. The molecule has 0 aromatic carbocycles. The molecule has 22 heavy (non-hydrogen) atoms. The largest absolute Gasteiger partial charge is 0.387 e. The highest BCUT2D eigenvalue weighted by atomic mass is 32.7. The first kappa shape index (κ1) is 17.4. The van der Waals surface area contributed by atoms with E-state index in [-0.39, 0.29) is 5.75 Å². The third-order valence-electron chi connectivity index (χ3n) is 3.12. The smallest absolute Gasteiger partial charge is 0.384 e. The van der Waals surface area contributed by atoms with Crippen LogP contribution in [0.4, 0.5) is 0 Å². The summed E-state index contributed by atoms with van der Waals surface area (Å²) in [6.07, 6.45) is -2.87. The highest BCUT2D eigenvalue weighted by Crippen LogP contribution is 2.51. The molecule has 0 amide bonds. The van der Waals surface area contributed by atoms with Crippen LogP contribution in [0.2, 0.25) is 0 Å². The maximum absolute atomic E-state index is 11.8. The predicted molar refractivity (Wildman–Crippen MR) is 76.5 cm³/mol. The standard InChI is InChI=1S/C10H15N2O8PS/c1-19-8-7(14)5(4-22-21(16,17)18)20-9(8)12-3-2-6(13)11-10(12)15/h2-3,5,7-9,14H,4H2,1H3,(H,11,13,15)(H2,16,17,18)/t5-,7+,8?,9-/m1/s1. The van der Waals surface area contributed by atoms with Crippen molar-refractivity contribution >= 4 is 18.2 Å². The molecule has 10 nitrogen and oxygen atoms in total. The van der Waals surface area contributed by atoms with Gasteiger partial charge < -0.3 is 24.4 Å². The van der Waals surface area contributed by atoms with E-state index < -0.39 is 42.6 Å². The molecule has 1 aromatic rings. The Morgan fingerprint density at radius 2 is 2.18 bits per heavy atom. The molecule has 0 bridgehead atoms. The Labute approximate surface area is 128 Å². The number of methoxy groups -OCH3 is 1. The second-order valence-corrected chi connectivity index (χ2v) is 8.33. The van der Waals surface area contributed by atoms with Crippen molar-refractivity contribution in [3.05, 3.63) is 33.1 Å². The summed E-state index contributed by atoms with van der Waals surface area (Å²) in [5.41, 5.74) is -1.32. The van der Waals surface area contributed by atoms with Gasteiger partial charge in [-0.1, -0.05) is 0 Å². The Morgan fingerprint density at radius 1 is 1.50 bits per heavy atom. The Morgan fingerprint density at radius 3 is 2.73 bits per heavy atom. The van der Waals surface area contributed by atoms with Crippen LogP contribution in [-0.4, -0.2) is 55.6 Å². The summed E-state index contributed by atoms with van der Waals surface area (Å²) in [4.78, 5) is 42.6. The average molecular weight is 354 g/mol. The lowest BCUT2D eigenvalue weighted by atomic mass is 10.1. The van der Waals surface area contributed by atoms with E-state index in [9.17, 15) is 19.3 Å². The molecule has 124 valence electrons. The van der Waals surface area contributed by atoms with Gasteiger partial charge in [-0.3, -0.25) is 14.3 Å². The molecule has 2 rings (SSSR count). The van der Waals surface area contributed by atoms with Crippen LogP contribution >= 0.6 is 18.2 Å². The molecular weight excluding hydrogens is 339 g/mol. The quantitative estimate of drug-likeness (QED) is 0.470. The molecule has 1 aromatic heterocycles. The van der Waals surface area contributed by atoms with Gasteiger partial charge in [0.15, 0.2) is 6.23 Å². The van der Waals surface area contributed by atoms with Crippen molar-refractivity contribution in [2.24, 2.45) is 0 Å². The van der Waals surface area contributed by atoms with Gasteiger partial charge >= 0.3 is 12.5 Å². The molecule has 2 heterocycles. The second-order valence-electron chi connectivity index (χ2n) is 4.56. The van der Waals surface area contributed by atoms with E-state index in [4.69, 9.17) is 19.3 Å². The molecule has 0 aliphatic carbocycles. The van der Waals surface area contributed by atoms with Crippen molar-refractivity contribution in [1.82, 2.24) is 9.55 Å². The number of aromatic amines is 1. The summed E-state index contributed by atoms with van der Waals surface area (Å²) >= 11 is 0.332. The highest BCUT2D eigenvalue weighted by Gasteiger charge is 2.45. The zero-order valence-corrected chi connectivity index (χ0v) is 13.1. The third-order valence-corrected chi connectivity index (χ3v) is 5.39. The van der Waals surface area contributed by atoms with Crippen LogP contribution in [0.25, 0.3) is 0 Å². The van der Waals surface area contributed by atoms with E-state index in [1.165, 1.54) is 13.3 Å². The molecule has 1 saturated heterocycles. The van der Waals surface area contributed by atoms with Gasteiger partial charge in [-0.2, -0.15) is 0 Å². The van der Waals surface area contributed by atoms with Crippen molar-refractivity contribution in [1.29, 1.82) is 0 Å². The molecule has 12 heteroatoms. The summed E-state index contributed by atoms with van der Waals surface area (Å²) in [6.45, 7) is -4.31. The monoisotopic (exact) mass is 354 g/mol. The normalized spacial score (nSPS) is 28.9. The minimum Gasteiger partial charge on any atom is -0.387 e. The zero-order valence-electron chi connectivity index (χ0n) is 11.4. The lowest BCUT2D eigenvalue weighted by Gasteiger charge is -2.19. The van der Waals surface area contributed by atoms with E-state index in [1.807, 2.05) is 0 Å². The summed E-state index contributed by atoms with van der Waals surface area (Å²) in [5, 5.41) is 10.1. The number of nitrogens with one attached hydrogen (secondary N) is 1. The number of hydrogen-bond acceptors (Lipinski definition) is 7. The number of aliphatic hydroxyl groups excluding tert-OH is 1. The number of aromatic nitrogens is 2. The van der Waals surface area contributed by atoms with Crippen molar-refractivity contribution in [2.45, 2.75) is 24.5 Å². The molecule has 1 fully saturated rings. The van der Waals surface area contributed by atoms with Crippen LogP contribution < -0.4 is 11.2 Å². The average Bonchev–Trinajstić information content (AvgIpc) is 2.72. The lowest BCUT2D eigenvalue weighted by molar-refractivity contribution is -0.0511. The van der Waals surface area contributed by atoms with Gasteiger partial charge in [0.1, 0.15) is 12.2 Å². The maximum Gasteiger partial charge on any atom is 0.384 e. The minimum atomic E-state index is -4.31. The molecular formula is C10H15N2O8PS. The van der Waals surface area contributed by atoms with Crippen molar-refractivity contribution < 1.29 is 28.9 Å². The van der Waals surface area contributed by atoms with Crippen LogP contribution in [-0.2, 0) is 14.0 Å². The van der Waals surface area contributed by atoms with Gasteiger partial charge in [0.05, 0.1) is 6.10 Å². The molecule has 0 radical (unpaired) electrons. The predicted octanol–water partition coefficient (Wildman–Crippen LogP) is -1.36. The molecule has 1 unspecified atom stereocenters. The fourth-order valence-electron chi connectivity index (χ4n) is 2.13. The molecule has 4 N–H and O–H groups in total. The number of ether oxygens (including phenoxy) is 2. The number of nitrogens with zero attached hydrogens (tertiary/aromatic N) is 1. The van der Waals surface area contributed by atoms with Gasteiger partial charge in [0.2, 0.25) is 0 Å². The molecule has 0 spiro atoms. The van der Waals surface area contributed by atoms with Gasteiger partial charge in [-0.25, -0.2) is 9.36 Å². The third kappa shape index (κ3) is 3.87. The molecule has 4 atom stereocenters. The minimum absolute atomic E-state index is 0.181. The first-order valence-corrected chi connectivity index (χ1v) is 9.31. The van der Waals surface area contributed by atoms with E-state index in [0.29, 0.717) is 11.4 Å². The Bertz CT molecular complexity index is 684. The zero-order chi connectivity index (χ0) is 16.5. The summed E-state index contributed by atoms with van der Waals surface area (Å²) < 4.78 is 22.5. The number of rotatable bonds is 5. The van der Waals surface area contributed by atoms with Crippen LogP contribution in [0.3, 0.4) is 0 Å². The summed E-state index contributed by atoms with van der Waals surface area (Å²) in [7, 11) is 1.31.